The van der Waals surface area contributed by atoms with Crippen molar-refractivity contribution in [2.24, 2.45) is 5.92 Å². The molecule has 0 bridgehead atoms. The first-order chi connectivity index (χ1) is 8.88. The Bertz CT molecular complexity index is 214. The quantitative estimate of drug-likeness (QED) is 0.797. The Kier molecular flexibility index (Phi) is 6.84. The van der Waals surface area contributed by atoms with Gasteiger partial charge >= 0.3 is 0 Å². The molecular formula is C14H28N2OS. The Hall–Kier alpha value is 0.230. The van der Waals surface area contributed by atoms with Crippen LogP contribution in [0.2, 0.25) is 0 Å². The molecule has 0 radical (unpaired) electrons. The molecule has 0 amide bonds. The van der Waals surface area contributed by atoms with Crippen LogP contribution in [-0.2, 0) is 4.74 Å². The minimum absolute atomic E-state index is 0.809. The topological polar surface area (TPSA) is 24.5 Å². The van der Waals surface area contributed by atoms with Crippen molar-refractivity contribution < 1.29 is 4.74 Å². The van der Waals surface area contributed by atoms with Crippen LogP contribution < -0.4 is 5.32 Å². The lowest BCUT2D eigenvalue weighted by Crippen LogP contribution is -2.37. The first kappa shape index (κ1) is 14.6. The van der Waals surface area contributed by atoms with Crippen LogP contribution >= 0.6 is 11.8 Å². The van der Waals surface area contributed by atoms with Crippen molar-refractivity contribution in [3.63, 3.8) is 0 Å². The lowest BCUT2D eigenvalue weighted by Gasteiger charge is -2.32. The molecule has 2 fully saturated rings. The highest BCUT2D eigenvalue weighted by Gasteiger charge is 2.19. The van der Waals surface area contributed by atoms with Gasteiger partial charge in [0.05, 0.1) is 0 Å². The third kappa shape index (κ3) is 5.08. The molecule has 4 heteroatoms. The van der Waals surface area contributed by atoms with Crippen molar-refractivity contribution in [2.45, 2.75) is 30.9 Å². The molecule has 2 heterocycles. The molecule has 106 valence electrons. The van der Waals surface area contributed by atoms with E-state index in [0.717, 1.165) is 17.8 Å². The molecule has 2 rings (SSSR count). The Morgan fingerprint density at radius 1 is 1.17 bits per heavy atom. The van der Waals surface area contributed by atoms with Crippen LogP contribution in [0.5, 0.6) is 0 Å². The van der Waals surface area contributed by atoms with Gasteiger partial charge in [-0.25, -0.2) is 0 Å². The van der Waals surface area contributed by atoms with Gasteiger partial charge in [-0.1, -0.05) is 0 Å². The highest BCUT2D eigenvalue weighted by molar-refractivity contribution is 7.99. The van der Waals surface area contributed by atoms with E-state index in [1.807, 2.05) is 7.11 Å². The lowest BCUT2D eigenvalue weighted by molar-refractivity contribution is 0.102. The van der Waals surface area contributed by atoms with E-state index in [9.17, 15) is 0 Å². The minimum atomic E-state index is 0.809. The predicted octanol–water partition coefficient (Wildman–Crippen LogP) is 1.83. The van der Waals surface area contributed by atoms with Gasteiger partial charge < -0.3 is 15.0 Å². The van der Waals surface area contributed by atoms with E-state index < -0.39 is 0 Å². The molecule has 3 nitrogen and oxygen atoms in total. The maximum absolute atomic E-state index is 5.25. The van der Waals surface area contributed by atoms with Gasteiger partial charge in [0, 0.05) is 31.3 Å². The number of nitrogens with one attached hydrogen (secondary N) is 1. The van der Waals surface area contributed by atoms with Crippen molar-refractivity contribution in [3.05, 3.63) is 0 Å². The normalized spacial score (nSPS) is 24.5. The second-order valence-electron chi connectivity index (χ2n) is 5.56. The summed E-state index contributed by atoms with van der Waals surface area (Å²) in [5, 5.41) is 4.35. The first-order valence-electron chi connectivity index (χ1n) is 7.42. The summed E-state index contributed by atoms with van der Waals surface area (Å²) in [6.07, 6.45) is 5.37. The van der Waals surface area contributed by atoms with Crippen molar-refractivity contribution in [1.29, 1.82) is 0 Å². The third-order valence-electron chi connectivity index (χ3n) is 4.16. The third-order valence-corrected chi connectivity index (χ3v) is 5.52. The number of piperidine rings is 2. The summed E-state index contributed by atoms with van der Waals surface area (Å²) in [4.78, 5) is 2.64. The van der Waals surface area contributed by atoms with Crippen LogP contribution in [0.15, 0.2) is 0 Å². The molecule has 0 aromatic rings. The van der Waals surface area contributed by atoms with Crippen molar-refractivity contribution in [1.82, 2.24) is 10.2 Å². The summed E-state index contributed by atoms with van der Waals surface area (Å²) in [6, 6.07) is 0. The largest absolute Gasteiger partial charge is 0.384 e. The molecule has 0 unspecified atom stereocenters. The summed E-state index contributed by atoms with van der Waals surface area (Å²) in [5.74, 6) is 2.13. The SMILES string of the molecule is COCC1CCN(CCSC2CCNCC2)CC1. The van der Waals surface area contributed by atoms with Crippen LogP contribution in [0.3, 0.4) is 0 Å². The molecule has 2 aliphatic heterocycles. The second-order valence-corrected chi connectivity index (χ2v) is 6.97. The van der Waals surface area contributed by atoms with Crippen LogP contribution in [0, 0.1) is 5.92 Å². The first-order valence-corrected chi connectivity index (χ1v) is 8.47. The Morgan fingerprint density at radius 3 is 2.56 bits per heavy atom. The fourth-order valence-corrected chi connectivity index (χ4v) is 4.19. The summed E-state index contributed by atoms with van der Waals surface area (Å²) >= 11 is 2.20. The predicted molar refractivity (Wildman–Crippen MR) is 79.4 cm³/mol. The maximum Gasteiger partial charge on any atom is 0.0491 e. The van der Waals surface area contributed by atoms with Crippen LogP contribution in [0.1, 0.15) is 25.7 Å². The van der Waals surface area contributed by atoms with Gasteiger partial charge in [0.1, 0.15) is 0 Å². The summed E-state index contributed by atoms with van der Waals surface area (Å²) < 4.78 is 5.25. The van der Waals surface area contributed by atoms with Gasteiger partial charge in [0.15, 0.2) is 0 Å². The Balaban J connectivity index is 1.52. The molecule has 0 aromatic carbocycles. The number of hydrogen-bond acceptors (Lipinski definition) is 4. The molecule has 0 aromatic heterocycles. The van der Waals surface area contributed by atoms with Gasteiger partial charge in [-0.05, 0) is 57.8 Å². The molecule has 0 atom stereocenters. The smallest absolute Gasteiger partial charge is 0.0491 e. The fourth-order valence-electron chi connectivity index (χ4n) is 2.92. The molecule has 18 heavy (non-hydrogen) atoms. The van der Waals surface area contributed by atoms with Crippen LogP contribution in [-0.4, -0.2) is 62.3 Å². The average Bonchev–Trinajstić information content (AvgIpc) is 2.42. The number of hydrogen-bond donors (Lipinski definition) is 1. The van der Waals surface area contributed by atoms with Gasteiger partial charge in [0.2, 0.25) is 0 Å². The summed E-state index contributed by atoms with van der Waals surface area (Å²) in [5.41, 5.74) is 0. The molecule has 1 N–H and O–H groups in total. The van der Waals surface area contributed by atoms with Gasteiger partial charge in [0.25, 0.3) is 0 Å². The highest BCUT2D eigenvalue weighted by Crippen LogP contribution is 2.22. The molecule has 2 aliphatic rings. The summed E-state index contributed by atoms with van der Waals surface area (Å²) in [7, 11) is 1.82. The zero-order chi connectivity index (χ0) is 12.6. The van der Waals surface area contributed by atoms with E-state index in [1.165, 1.54) is 64.2 Å². The van der Waals surface area contributed by atoms with E-state index in [4.69, 9.17) is 4.74 Å². The van der Waals surface area contributed by atoms with Gasteiger partial charge in [-0.2, -0.15) is 11.8 Å². The monoisotopic (exact) mass is 272 g/mol. The average molecular weight is 272 g/mol. The fraction of sp³-hybridized carbons (Fsp3) is 1.00. The minimum Gasteiger partial charge on any atom is -0.384 e. The maximum atomic E-state index is 5.25. The zero-order valence-electron chi connectivity index (χ0n) is 11.7. The van der Waals surface area contributed by atoms with Crippen molar-refractivity contribution >= 4 is 11.8 Å². The van der Waals surface area contributed by atoms with Crippen molar-refractivity contribution in [3.8, 4) is 0 Å². The number of methoxy groups -OCH3 is 1. The molecular weight excluding hydrogens is 244 g/mol. The zero-order valence-corrected chi connectivity index (χ0v) is 12.5. The standard InChI is InChI=1S/C14H28N2OS/c1-17-12-13-4-8-16(9-5-13)10-11-18-14-2-6-15-7-3-14/h13-15H,2-12H2,1H3. The molecule has 0 spiro atoms. The Morgan fingerprint density at radius 2 is 1.89 bits per heavy atom. The Labute approximate surface area is 116 Å². The van der Waals surface area contributed by atoms with Gasteiger partial charge in [-0.15, -0.1) is 0 Å². The van der Waals surface area contributed by atoms with Crippen LogP contribution in [0.4, 0.5) is 0 Å². The number of nitrogens with zero attached hydrogens (tertiary/aromatic N) is 1. The number of ether oxygens (including phenoxy) is 1. The molecule has 0 saturated carbocycles. The lowest BCUT2D eigenvalue weighted by atomic mass is 9.98. The van der Waals surface area contributed by atoms with Gasteiger partial charge in [-0.3, -0.25) is 0 Å². The van der Waals surface area contributed by atoms with E-state index in [1.54, 1.807) is 0 Å². The highest BCUT2D eigenvalue weighted by atomic mass is 32.2. The summed E-state index contributed by atoms with van der Waals surface area (Å²) in [6.45, 7) is 7.24. The number of likely N-dealkylation sites (tertiary alicyclic amines) is 1. The second kappa shape index (κ2) is 8.41. The van der Waals surface area contributed by atoms with E-state index in [2.05, 4.69) is 22.0 Å². The van der Waals surface area contributed by atoms with Crippen molar-refractivity contribution in [2.75, 3.05) is 52.2 Å². The molecule has 2 saturated heterocycles. The van der Waals surface area contributed by atoms with E-state index in [-0.39, 0.29) is 0 Å². The van der Waals surface area contributed by atoms with E-state index >= 15 is 0 Å². The van der Waals surface area contributed by atoms with Crippen LogP contribution in [0.25, 0.3) is 0 Å². The number of rotatable bonds is 6. The number of thioether (sulfide) groups is 1. The molecule has 0 aliphatic carbocycles. The van der Waals surface area contributed by atoms with E-state index in [0.29, 0.717) is 0 Å².